The molecule has 1 heterocycles. The quantitative estimate of drug-likeness (QED) is 0.506. The van der Waals surface area contributed by atoms with E-state index in [1.54, 1.807) is 12.4 Å². The molecule has 5 heteroatoms. The minimum Gasteiger partial charge on any atom is -0.463 e. The molecule has 0 N–H and O–H groups in total. The van der Waals surface area contributed by atoms with Crippen LogP contribution in [0.15, 0.2) is 17.3 Å². The lowest BCUT2D eigenvalue weighted by Gasteiger charge is -1.97. The first kappa shape index (κ1) is 8.99. The topological polar surface area (TPSA) is 52.1 Å². The van der Waals surface area contributed by atoms with Crippen LogP contribution in [0.4, 0.5) is 0 Å². The lowest BCUT2D eigenvalue weighted by Crippen LogP contribution is -2.06. The number of rotatable bonds is 2. The van der Waals surface area contributed by atoms with Crippen LogP contribution in [0.1, 0.15) is 10.6 Å². The molecule has 1 rings (SSSR count). The number of hydrogen-bond acceptors (Lipinski definition) is 5. The lowest BCUT2D eigenvalue weighted by molar-refractivity contribution is 0.0586. The summed E-state index contributed by atoms with van der Waals surface area (Å²) in [6, 6.07) is 0. The maximum absolute atomic E-state index is 10.9. The van der Waals surface area contributed by atoms with Gasteiger partial charge in [0.25, 0.3) is 0 Å². The van der Waals surface area contributed by atoms with Crippen LogP contribution in [0.2, 0.25) is 0 Å². The molecule has 0 spiro atoms. The van der Waals surface area contributed by atoms with Gasteiger partial charge in [0, 0.05) is 17.3 Å². The Hall–Kier alpha value is -1.10. The van der Waals surface area contributed by atoms with Crippen molar-refractivity contribution >= 4 is 17.7 Å². The van der Waals surface area contributed by atoms with Crippen LogP contribution < -0.4 is 0 Å². The highest BCUT2D eigenvalue weighted by atomic mass is 32.2. The fraction of sp³-hybridized carbons (Fsp3) is 0.286. The maximum atomic E-state index is 10.9. The van der Waals surface area contributed by atoms with E-state index in [0.717, 1.165) is 4.90 Å². The molecular formula is C7H8N2O2S. The van der Waals surface area contributed by atoms with E-state index in [9.17, 15) is 4.79 Å². The zero-order valence-electron chi connectivity index (χ0n) is 6.77. The monoisotopic (exact) mass is 184 g/mol. The van der Waals surface area contributed by atoms with E-state index < -0.39 is 5.97 Å². The second-order valence-corrected chi connectivity index (χ2v) is 2.82. The number of hydrogen-bond donors (Lipinski definition) is 0. The summed E-state index contributed by atoms with van der Waals surface area (Å²) in [6.07, 6.45) is 5.09. The number of methoxy groups -OCH3 is 1. The van der Waals surface area contributed by atoms with Crippen molar-refractivity contribution in [3.8, 4) is 0 Å². The van der Waals surface area contributed by atoms with Crippen LogP contribution in [-0.4, -0.2) is 29.3 Å². The van der Waals surface area contributed by atoms with Crippen molar-refractivity contribution in [3.05, 3.63) is 18.2 Å². The van der Waals surface area contributed by atoms with E-state index in [2.05, 4.69) is 14.7 Å². The van der Waals surface area contributed by atoms with Gasteiger partial charge in [-0.3, -0.25) is 0 Å². The Bertz CT molecular complexity index is 273. The van der Waals surface area contributed by atoms with Crippen molar-refractivity contribution < 1.29 is 9.53 Å². The molecule has 4 nitrogen and oxygen atoms in total. The number of aromatic nitrogens is 2. The Kier molecular flexibility index (Phi) is 3.04. The third-order valence-corrected chi connectivity index (χ3v) is 1.91. The van der Waals surface area contributed by atoms with Gasteiger partial charge in [-0.1, -0.05) is 0 Å². The van der Waals surface area contributed by atoms with Crippen molar-refractivity contribution in [1.29, 1.82) is 0 Å². The third kappa shape index (κ3) is 1.94. The number of thioether (sulfide) groups is 1. The predicted octanol–water partition coefficient (Wildman–Crippen LogP) is 0.985. The molecule has 1 aromatic heterocycles. The lowest BCUT2D eigenvalue weighted by atomic mass is 10.5. The summed E-state index contributed by atoms with van der Waals surface area (Å²) in [5.41, 5.74) is 0. The first-order chi connectivity index (χ1) is 5.77. The molecule has 0 unspecified atom stereocenters. The van der Waals surface area contributed by atoms with E-state index in [-0.39, 0.29) is 5.82 Å². The fourth-order valence-corrected chi connectivity index (χ4v) is 0.935. The van der Waals surface area contributed by atoms with Crippen molar-refractivity contribution in [2.45, 2.75) is 4.90 Å². The molecule has 0 amide bonds. The molecule has 0 aliphatic rings. The number of esters is 1. The van der Waals surface area contributed by atoms with Gasteiger partial charge in [-0.2, -0.15) is 0 Å². The van der Waals surface area contributed by atoms with Gasteiger partial charge in [0.15, 0.2) is 0 Å². The average Bonchev–Trinajstić information content (AvgIpc) is 2.17. The van der Waals surface area contributed by atoms with E-state index in [4.69, 9.17) is 0 Å². The maximum Gasteiger partial charge on any atom is 0.376 e. The van der Waals surface area contributed by atoms with Gasteiger partial charge in [0.1, 0.15) is 0 Å². The summed E-state index contributed by atoms with van der Waals surface area (Å²) < 4.78 is 4.44. The van der Waals surface area contributed by atoms with Crippen LogP contribution in [0.5, 0.6) is 0 Å². The molecule has 0 radical (unpaired) electrons. The summed E-state index contributed by atoms with van der Waals surface area (Å²) in [5.74, 6) is -0.419. The molecule has 0 saturated carbocycles. The predicted molar refractivity (Wildman–Crippen MR) is 45.2 cm³/mol. The first-order valence-corrected chi connectivity index (χ1v) is 4.44. The number of nitrogens with zero attached hydrogens (tertiary/aromatic N) is 2. The van der Waals surface area contributed by atoms with Gasteiger partial charge in [-0.15, -0.1) is 11.8 Å². The van der Waals surface area contributed by atoms with Crippen molar-refractivity contribution in [2.75, 3.05) is 13.4 Å². The number of carbonyl (C=O) groups is 1. The molecule has 12 heavy (non-hydrogen) atoms. The van der Waals surface area contributed by atoms with Gasteiger partial charge < -0.3 is 4.74 Å². The van der Waals surface area contributed by atoms with Crippen LogP contribution in [-0.2, 0) is 4.74 Å². The molecule has 0 aliphatic carbocycles. The summed E-state index contributed by atoms with van der Waals surface area (Å²) in [6.45, 7) is 0. The molecule has 0 atom stereocenters. The summed E-state index contributed by atoms with van der Waals surface area (Å²) in [7, 11) is 1.30. The summed E-state index contributed by atoms with van der Waals surface area (Å²) >= 11 is 1.52. The summed E-state index contributed by atoms with van der Waals surface area (Å²) in [4.78, 5) is 19.4. The molecule has 64 valence electrons. The van der Waals surface area contributed by atoms with Crippen molar-refractivity contribution in [2.24, 2.45) is 0 Å². The minimum atomic E-state index is -0.511. The largest absolute Gasteiger partial charge is 0.463 e. The average molecular weight is 184 g/mol. The van der Waals surface area contributed by atoms with Crippen LogP contribution in [0.25, 0.3) is 0 Å². The van der Waals surface area contributed by atoms with Gasteiger partial charge in [-0.25, -0.2) is 14.8 Å². The fourth-order valence-electron chi connectivity index (χ4n) is 0.618. The van der Waals surface area contributed by atoms with Gasteiger partial charge in [0.2, 0.25) is 5.82 Å². The SMILES string of the molecule is COC(=O)c1ncc(SC)cn1. The molecule has 0 saturated heterocycles. The first-order valence-electron chi connectivity index (χ1n) is 3.22. The van der Waals surface area contributed by atoms with Crippen molar-refractivity contribution in [3.63, 3.8) is 0 Å². The Labute approximate surface area is 74.4 Å². The Balaban J connectivity index is 2.84. The zero-order chi connectivity index (χ0) is 8.97. The highest BCUT2D eigenvalue weighted by Crippen LogP contribution is 2.10. The number of carbonyl (C=O) groups excluding carboxylic acids is 1. The molecule has 1 aromatic rings. The second-order valence-electron chi connectivity index (χ2n) is 1.94. The van der Waals surface area contributed by atoms with E-state index in [1.807, 2.05) is 6.26 Å². The third-order valence-electron chi connectivity index (χ3n) is 1.23. The Morgan fingerprint density at radius 2 is 2.08 bits per heavy atom. The Morgan fingerprint density at radius 1 is 1.50 bits per heavy atom. The zero-order valence-corrected chi connectivity index (χ0v) is 7.59. The second kappa shape index (κ2) is 4.06. The van der Waals surface area contributed by atoms with Crippen LogP contribution >= 0.6 is 11.8 Å². The molecular weight excluding hydrogens is 176 g/mol. The smallest absolute Gasteiger partial charge is 0.376 e. The van der Waals surface area contributed by atoms with E-state index >= 15 is 0 Å². The normalized spacial score (nSPS) is 9.50. The molecule has 0 aliphatic heterocycles. The molecule has 0 aromatic carbocycles. The van der Waals surface area contributed by atoms with Crippen LogP contribution in [0.3, 0.4) is 0 Å². The highest BCUT2D eigenvalue weighted by molar-refractivity contribution is 7.98. The number of ether oxygens (including phenoxy) is 1. The molecule has 0 fully saturated rings. The van der Waals surface area contributed by atoms with E-state index in [1.165, 1.54) is 18.9 Å². The standard InChI is InChI=1S/C7H8N2O2S/c1-11-7(10)6-8-3-5(12-2)4-9-6/h3-4H,1-2H3. The highest BCUT2D eigenvalue weighted by Gasteiger charge is 2.07. The van der Waals surface area contributed by atoms with Crippen LogP contribution in [0, 0.1) is 0 Å². The van der Waals surface area contributed by atoms with Crippen molar-refractivity contribution in [1.82, 2.24) is 9.97 Å². The van der Waals surface area contributed by atoms with E-state index in [0.29, 0.717) is 0 Å². The van der Waals surface area contributed by atoms with Gasteiger partial charge in [0.05, 0.1) is 7.11 Å². The van der Waals surface area contributed by atoms with Gasteiger partial charge >= 0.3 is 5.97 Å². The minimum absolute atomic E-state index is 0.0929. The van der Waals surface area contributed by atoms with Gasteiger partial charge in [-0.05, 0) is 6.26 Å². The Morgan fingerprint density at radius 3 is 2.50 bits per heavy atom. The summed E-state index contributed by atoms with van der Waals surface area (Å²) in [5, 5.41) is 0. The molecule has 0 bridgehead atoms.